The van der Waals surface area contributed by atoms with Gasteiger partial charge in [-0.1, -0.05) is 39.5 Å². The maximum Gasteiger partial charge on any atom is 0.250 e. The largest absolute Gasteiger partial charge is 0.479 e. The van der Waals surface area contributed by atoms with E-state index in [4.69, 9.17) is 19.7 Å². The third kappa shape index (κ3) is 5.76. The lowest BCUT2D eigenvalue weighted by molar-refractivity contribution is -0.127. The van der Waals surface area contributed by atoms with Crippen molar-refractivity contribution in [2.24, 2.45) is 5.41 Å². The first-order valence-electron chi connectivity index (χ1n) is 15.1. The Hall–Kier alpha value is -3.27. The molecule has 5 rings (SSSR count). The highest BCUT2D eigenvalue weighted by Gasteiger charge is 2.48. The number of carbonyl (C=O) groups excluding carboxylic acids is 1. The fraction of sp³-hybridized carbons (Fsp3) is 0.613. The van der Waals surface area contributed by atoms with E-state index in [1.807, 2.05) is 11.1 Å². The maximum atomic E-state index is 14.6. The summed E-state index contributed by atoms with van der Waals surface area (Å²) in [6.07, 6.45) is 13.9. The molecule has 0 spiro atoms. The van der Waals surface area contributed by atoms with Crippen LogP contribution in [-0.4, -0.2) is 68.8 Å². The highest BCUT2D eigenvalue weighted by atomic mass is 19.1. The zero-order chi connectivity index (χ0) is 29.0. The first-order valence-corrected chi connectivity index (χ1v) is 15.1. The van der Waals surface area contributed by atoms with Crippen LogP contribution in [0.2, 0.25) is 0 Å². The van der Waals surface area contributed by atoms with E-state index in [-0.39, 0.29) is 23.2 Å². The predicted molar refractivity (Wildman–Crippen MR) is 155 cm³/mol. The topological polar surface area (TPSA) is 87.3 Å². The van der Waals surface area contributed by atoms with Gasteiger partial charge in [0.05, 0.1) is 55.8 Å². The van der Waals surface area contributed by atoms with Crippen molar-refractivity contribution in [3.05, 3.63) is 41.7 Å². The van der Waals surface area contributed by atoms with Gasteiger partial charge in [0.25, 0.3) is 0 Å². The average Bonchev–Trinajstić information content (AvgIpc) is 3.63. The number of hydrogen-bond donors (Lipinski definition) is 0. The van der Waals surface area contributed by atoms with Crippen LogP contribution in [0.25, 0.3) is 16.9 Å². The van der Waals surface area contributed by atoms with Gasteiger partial charge in [-0.3, -0.25) is 9.48 Å². The summed E-state index contributed by atoms with van der Waals surface area (Å²) in [5.41, 5.74) is 4.26. The number of nitrogens with zero attached hydrogens (tertiary/aromatic N) is 6. The Morgan fingerprint density at radius 3 is 2.66 bits per heavy atom. The first kappa shape index (κ1) is 29.2. The molecule has 0 radical (unpaired) electrons. The Morgan fingerprint density at radius 2 is 1.95 bits per heavy atom. The van der Waals surface area contributed by atoms with Gasteiger partial charge >= 0.3 is 0 Å². The van der Waals surface area contributed by atoms with E-state index in [2.05, 4.69) is 36.6 Å². The third-order valence-electron chi connectivity index (χ3n) is 8.80. The Balaban J connectivity index is 1.56. The fourth-order valence-electron chi connectivity index (χ4n) is 6.64. The molecule has 1 amide bonds. The summed E-state index contributed by atoms with van der Waals surface area (Å²) in [5, 5.41) is 9.93. The van der Waals surface area contributed by atoms with Crippen LogP contribution in [-0.2, 0) is 22.4 Å². The SMILES string of the molecule is CCCCC(n1cc(-c2nn(-c3cnc(OC)c(F)c3)c3c2CCOCC3)cn1)C1(CCCC)CC(=O)N(CC)C1. The van der Waals surface area contributed by atoms with Crippen molar-refractivity contribution < 1.29 is 18.7 Å². The molecule has 41 heavy (non-hydrogen) atoms. The van der Waals surface area contributed by atoms with Gasteiger partial charge in [-0.25, -0.2) is 14.1 Å². The summed E-state index contributed by atoms with van der Waals surface area (Å²) in [6, 6.07) is 1.53. The first-order chi connectivity index (χ1) is 19.9. The molecule has 9 nitrogen and oxygen atoms in total. The van der Waals surface area contributed by atoms with Crippen molar-refractivity contribution in [1.29, 1.82) is 0 Å². The van der Waals surface area contributed by atoms with Crippen LogP contribution in [0.5, 0.6) is 5.88 Å². The molecular weight excluding hydrogens is 523 g/mol. The minimum absolute atomic E-state index is 0.0426. The molecule has 0 saturated carbocycles. The van der Waals surface area contributed by atoms with Crippen molar-refractivity contribution in [2.45, 2.75) is 84.6 Å². The molecule has 3 aromatic heterocycles. The molecule has 3 aromatic rings. The van der Waals surface area contributed by atoms with Gasteiger partial charge in [-0.2, -0.15) is 10.2 Å². The standard InChI is InChI=1S/C31H43FN6O3/c1-5-8-10-27(31(13-9-6-2)17-28(39)36(7-3)21-31)37-20-22(18-34-37)29-24-11-14-41-15-12-26(24)38(35-29)23-16-25(32)30(40-4)33-19-23/h16,18-20,27H,5-15,17,21H2,1-4H3. The molecule has 2 atom stereocenters. The lowest BCUT2D eigenvalue weighted by atomic mass is 9.73. The monoisotopic (exact) mass is 566 g/mol. The number of hydrogen-bond acceptors (Lipinski definition) is 6. The van der Waals surface area contributed by atoms with E-state index in [0.717, 1.165) is 74.1 Å². The quantitative estimate of drug-likeness (QED) is 0.286. The number of aromatic nitrogens is 5. The zero-order valence-corrected chi connectivity index (χ0v) is 24.9. The number of amides is 1. The molecule has 222 valence electrons. The molecule has 1 fully saturated rings. The number of ether oxygens (including phenoxy) is 2. The summed E-state index contributed by atoms with van der Waals surface area (Å²) in [7, 11) is 1.40. The fourth-order valence-corrected chi connectivity index (χ4v) is 6.64. The van der Waals surface area contributed by atoms with Crippen molar-refractivity contribution in [2.75, 3.05) is 33.4 Å². The summed E-state index contributed by atoms with van der Waals surface area (Å²) < 4.78 is 29.4. The minimum atomic E-state index is -0.531. The van der Waals surface area contributed by atoms with E-state index in [9.17, 15) is 9.18 Å². The van der Waals surface area contributed by atoms with Gasteiger partial charge in [0.1, 0.15) is 0 Å². The van der Waals surface area contributed by atoms with E-state index < -0.39 is 5.82 Å². The summed E-state index contributed by atoms with van der Waals surface area (Å²) in [4.78, 5) is 19.2. The van der Waals surface area contributed by atoms with Crippen molar-refractivity contribution >= 4 is 5.91 Å². The van der Waals surface area contributed by atoms with Gasteiger partial charge in [-0.05, 0) is 26.2 Å². The third-order valence-corrected chi connectivity index (χ3v) is 8.80. The number of rotatable bonds is 12. The lowest BCUT2D eigenvalue weighted by Gasteiger charge is -2.37. The van der Waals surface area contributed by atoms with Gasteiger partial charge in [0, 0.05) is 54.7 Å². The molecule has 10 heteroatoms. The summed E-state index contributed by atoms with van der Waals surface area (Å²) >= 11 is 0. The molecule has 0 aromatic carbocycles. The molecular formula is C31H43FN6O3. The molecule has 0 bridgehead atoms. The second-order valence-electron chi connectivity index (χ2n) is 11.4. The highest BCUT2D eigenvalue weighted by Crippen LogP contribution is 2.48. The molecule has 0 aliphatic carbocycles. The van der Waals surface area contributed by atoms with Gasteiger partial charge in [0.2, 0.25) is 11.8 Å². The Labute approximate surface area is 242 Å². The van der Waals surface area contributed by atoms with E-state index in [1.54, 1.807) is 10.9 Å². The van der Waals surface area contributed by atoms with Crippen LogP contribution >= 0.6 is 0 Å². The highest BCUT2D eigenvalue weighted by molar-refractivity contribution is 5.79. The molecule has 1 saturated heterocycles. The number of fused-ring (bicyclic) bond motifs is 1. The van der Waals surface area contributed by atoms with Crippen molar-refractivity contribution in [1.82, 2.24) is 29.4 Å². The summed E-state index contributed by atoms with van der Waals surface area (Å²) in [6.45, 7) is 9.19. The van der Waals surface area contributed by atoms with Crippen LogP contribution in [0.1, 0.15) is 83.0 Å². The number of pyridine rings is 1. The van der Waals surface area contributed by atoms with Crippen LogP contribution in [0.3, 0.4) is 0 Å². The molecule has 5 heterocycles. The van der Waals surface area contributed by atoms with Gasteiger partial charge < -0.3 is 14.4 Å². The van der Waals surface area contributed by atoms with Crippen LogP contribution in [0.4, 0.5) is 4.39 Å². The van der Waals surface area contributed by atoms with Crippen LogP contribution < -0.4 is 4.74 Å². The number of likely N-dealkylation sites (tertiary alicyclic amines) is 1. The van der Waals surface area contributed by atoms with Crippen molar-refractivity contribution in [3.63, 3.8) is 0 Å². The Bertz CT molecular complexity index is 1350. The van der Waals surface area contributed by atoms with E-state index in [1.165, 1.54) is 13.2 Å². The van der Waals surface area contributed by atoms with Crippen molar-refractivity contribution in [3.8, 4) is 22.8 Å². The predicted octanol–water partition coefficient (Wildman–Crippen LogP) is 5.55. The number of carbonyl (C=O) groups is 1. The molecule has 2 aliphatic rings. The normalized spacial score (nSPS) is 19.8. The van der Waals surface area contributed by atoms with Crippen LogP contribution in [0, 0.1) is 11.2 Å². The number of halogens is 1. The lowest BCUT2D eigenvalue weighted by Crippen LogP contribution is -2.36. The molecule has 0 N–H and O–H groups in total. The maximum absolute atomic E-state index is 14.6. The second-order valence-corrected chi connectivity index (χ2v) is 11.4. The number of unbranched alkanes of at least 4 members (excludes halogenated alkanes) is 2. The number of methoxy groups -OCH3 is 1. The van der Waals surface area contributed by atoms with E-state index >= 15 is 0 Å². The molecule has 2 aliphatic heterocycles. The minimum Gasteiger partial charge on any atom is -0.479 e. The van der Waals surface area contributed by atoms with Gasteiger partial charge in [0.15, 0.2) is 5.82 Å². The zero-order valence-electron chi connectivity index (χ0n) is 24.9. The van der Waals surface area contributed by atoms with Gasteiger partial charge in [-0.15, -0.1) is 0 Å². The second kappa shape index (κ2) is 12.7. The van der Waals surface area contributed by atoms with E-state index in [0.29, 0.717) is 38.2 Å². The Kier molecular flexibility index (Phi) is 9.06. The average molecular weight is 567 g/mol. The Morgan fingerprint density at radius 1 is 1.15 bits per heavy atom. The van der Waals surface area contributed by atoms with Crippen LogP contribution in [0.15, 0.2) is 24.7 Å². The smallest absolute Gasteiger partial charge is 0.250 e. The summed E-state index contributed by atoms with van der Waals surface area (Å²) in [5.74, 6) is -0.322. The molecule has 2 unspecified atom stereocenters.